The molecule has 0 amide bonds. The molecule has 0 aliphatic rings. The molecule has 0 N–H and O–H groups in total. The highest BCUT2D eigenvalue weighted by atomic mass is 35.5. The third-order valence-corrected chi connectivity index (χ3v) is 5.97. The first-order chi connectivity index (χ1) is 14.5. The molecule has 152 valence electrons. The van der Waals surface area contributed by atoms with Gasteiger partial charge in [0.25, 0.3) is 5.56 Å². The molecule has 30 heavy (non-hydrogen) atoms. The zero-order valence-electron chi connectivity index (χ0n) is 15.9. The second-order valence-electron chi connectivity index (χ2n) is 6.20. The van der Waals surface area contributed by atoms with Crippen molar-refractivity contribution in [3.8, 4) is 11.5 Å². The van der Waals surface area contributed by atoms with Crippen molar-refractivity contribution < 1.29 is 9.47 Å². The monoisotopic (exact) mass is 459 g/mol. The van der Waals surface area contributed by atoms with E-state index in [-0.39, 0.29) is 5.56 Å². The molecule has 2 aromatic carbocycles. The number of aromatic nitrogens is 3. The SMILES string of the molecule is COc1ccc(/C=C/c2nc3s/c(=C\c4ccc(Cl)c(Cl)c4)c(=O)n3n2)cc1OC. The average Bonchev–Trinajstić information content (AvgIpc) is 3.27. The van der Waals surface area contributed by atoms with Crippen molar-refractivity contribution in [2.24, 2.45) is 0 Å². The molecule has 0 radical (unpaired) electrons. The van der Waals surface area contributed by atoms with Gasteiger partial charge in [0, 0.05) is 0 Å². The Morgan fingerprint density at radius 3 is 2.43 bits per heavy atom. The standard InChI is InChI=1S/C21H15Cl2N3O3S/c1-28-16-7-4-12(10-17(16)29-2)5-8-19-24-21-26(25-19)20(27)18(30-21)11-13-3-6-14(22)15(23)9-13/h3-11H,1-2H3/b8-5+,18-11-. The van der Waals surface area contributed by atoms with E-state index in [1.807, 2.05) is 24.3 Å². The van der Waals surface area contributed by atoms with E-state index in [4.69, 9.17) is 32.7 Å². The summed E-state index contributed by atoms with van der Waals surface area (Å²) in [5, 5.41) is 5.18. The molecule has 6 nitrogen and oxygen atoms in total. The number of hydrogen-bond acceptors (Lipinski definition) is 6. The minimum atomic E-state index is -0.237. The summed E-state index contributed by atoms with van der Waals surface area (Å²) < 4.78 is 12.3. The largest absolute Gasteiger partial charge is 0.493 e. The van der Waals surface area contributed by atoms with Crippen LogP contribution in [0.2, 0.25) is 10.0 Å². The number of halogens is 2. The van der Waals surface area contributed by atoms with E-state index in [2.05, 4.69) is 10.1 Å². The molecule has 0 aliphatic carbocycles. The van der Waals surface area contributed by atoms with Crippen molar-refractivity contribution in [1.82, 2.24) is 14.6 Å². The van der Waals surface area contributed by atoms with Gasteiger partial charge in [0.15, 0.2) is 17.3 Å². The van der Waals surface area contributed by atoms with Crippen LogP contribution < -0.4 is 19.6 Å². The molecular weight excluding hydrogens is 445 g/mol. The Bertz CT molecular complexity index is 1380. The van der Waals surface area contributed by atoms with Gasteiger partial charge in [0.05, 0.1) is 28.8 Å². The van der Waals surface area contributed by atoms with Crippen LogP contribution in [0.5, 0.6) is 11.5 Å². The van der Waals surface area contributed by atoms with Gasteiger partial charge in [-0.3, -0.25) is 4.79 Å². The number of nitrogens with zero attached hydrogens (tertiary/aromatic N) is 3. The molecule has 9 heteroatoms. The van der Waals surface area contributed by atoms with E-state index < -0.39 is 0 Å². The molecule has 0 aliphatic heterocycles. The van der Waals surface area contributed by atoms with E-state index in [1.165, 1.54) is 15.9 Å². The summed E-state index contributed by atoms with van der Waals surface area (Å²) in [5.41, 5.74) is 1.43. The lowest BCUT2D eigenvalue weighted by Gasteiger charge is -2.07. The molecular formula is C21H15Cl2N3O3S. The highest BCUT2D eigenvalue weighted by molar-refractivity contribution is 7.15. The summed E-state index contributed by atoms with van der Waals surface area (Å²) in [6, 6.07) is 10.7. The van der Waals surface area contributed by atoms with Gasteiger partial charge in [0.2, 0.25) is 4.96 Å². The summed E-state index contributed by atoms with van der Waals surface area (Å²) in [6.45, 7) is 0. The number of fused-ring (bicyclic) bond motifs is 1. The predicted octanol–water partition coefficient (Wildman–Crippen LogP) is 4.19. The van der Waals surface area contributed by atoms with Crippen LogP contribution in [0.3, 0.4) is 0 Å². The maximum atomic E-state index is 12.7. The topological polar surface area (TPSA) is 65.7 Å². The number of rotatable bonds is 5. The zero-order valence-corrected chi connectivity index (χ0v) is 18.3. The van der Waals surface area contributed by atoms with Gasteiger partial charge in [-0.2, -0.15) is 9.50 Å². The third kappa shape index (κ3) is 4.05. The normalized spacial score (nSPS) is 12.2. The first-order valence-corrected chi connectivity index (χ1v) is 10.3. The smallest absolute Gasteiger partial charge is 0.291 e. The number of methoxy groups -OCH3 is 2. The van der Waals surface area contributed by atoms with Crippen molar-refractivity contribution in [3.63, 3.8) is 0 Å². The van der Waals surface area contributed by atoms with Crippen LogP contribution in [0.25, 0.3) is 23.2 Å². The van der Waals surface area contributed by atoms with E-state index in [9.17, 15) is 4.79 Å². The highest BCUT2D eigenvalue weighted by Gasteiger charge is 2.09. The summed E-state index contributed by atoms with van der Waals surface area (Å²) >= 11 is 13.2. The first kappa shape index (κ1) is 20.4. The van der Waals surface area contributed by atoms with Crippen LogP contribution in [0, 0.1) is 0 Å². The Labute approximate surface area is 185 Å². The van der Waals surface area contributed by atoms with E-state index in [0.717, 1.165) is 11.1 Å². The second kappa shape index (κ2) is 8.47. The zero-order chi connectivity index (χ0) is 21.3. The molecule has 0 bridgehead atoms. The molecule has 0 atom stereocenters. The molecule has 2 aromatic heterocycles. The summed E-state index contributed by atoms with van der Waals surface area (Å²) in [5.74, 6) is 1.72. The Morgan fingerprint density at radius 1 is 0.967 bits per heavy atom. The number of ether oxygens (including phenoxy) is 2. The van der Waals surface area contributed by atoms with Crippen molar-refractivity contribution in [1.29, 1.82) is 0 Å². The van der Waals surface area contributed by atoms with Crippen molar-refractivity contribution in [3.05, 3.63) is 78.3 Å². The van der Waals surface area contributed by atoms with Crippen molar-refractivity contribution in [2.75, 3.05) is 14.2 Å². The van der Waals surface area contributed by atoms with Crippen LogP contribution in [-0.4, -0.2) is 28.8 Å². The number of thiazole rings is 1. The van der Waals surface area contributed by atoms with Gasteiger partial charge in [-0.25, -0.2) is 0 Å². The van der Waals surface area contributed by atoms with E-state index >= 15 is 0 Å². The molecule has 0 saturated carbocycles. The quantitative estimate of drug-likeness (QED) is 0.447. The molecule has 0 fully saturated rings. The lowest BCUT2D eigenvalue weighted by molar-refractivity contribution is 0.355. The van der Waals surface area contributed by atoms with Crippen LogP contribution >= 0.6 is 34.5 Å². The Balaban J connectivity index is 1.64. The maximum absolute atomic E-state index is 12.7. The molecule has 4 aromatic rings. The van der Waals surface area contributed by atoms with Gasteiger partial charge in [-0.1, -0.05) is 52.7 Å². The van der Waals surface area contributed by atoms with E-state index in [0.29, 0.717) is 36.9 Å². The summed E-state index contributed by atoms with van der Waals surface area (Å²) in [6.07, 6.45) is 5.32. The van der Waals surface area contributed by atoms with E-state index in [1.54, 1.807) is 44.6 Å². The first-order valence-electron chi connectivity index (χ1n) is 8.75. The Hall–Kier alpha value is -2.87. The Morgan fingerprint density at radius 2 is 1.73 bits per heavy atom. The minimum Gasteiger partial charge on any atom is -0.493 e. The van der Waals surface area contributed by atoms with Gasteiger partial charge < -0.3 is 9.47 Å². The van der Waals surface area contributed by atoms with Crippen LogP contribution in [0.15, 0.2) is 41.2 Å². The van der Waals surface area contributed by atoms with Crippen LogP contribution in [0.1, 0.15) is 17.0 Å². The predicted molar refractivity (Wildman–Crippen MR) is 121 cm³/mol. The summed E-state index contributed by atoms with van der Waals surface area (Å²) in [7, 11) is 3.17. The fraction of sp³-hybridized carbons (Fsp3) is 0.0952. The average molecular weight is 460 g/mol. The van der Waals surface area contributed by atoms with Gasteiger partial charge in [-0.15, -0.1) is 5.10 Å². The van der Waals surface area contributed by atoms with Crippen LogP contribution in [0.4, 0.5) is 0 Å². The number of benzene rings is 2. The fourth-order valence-electron chi connectivity index (χ4n) is 2.80. The highest BCUT2D eigenvalue weighted by Crippen LogP contribution is 2.28. The second-order valence-corrected chi connectivity index (χ2v) is 8.02. The fourth-order valence-corrected chi connectivity index (χ4v) is 4.02. The third-order valence-electron chi connectivity index (χ3n) is 4.27. The lowest BCUT2D eigenvalue weighted by atomic mass is 10.2. The van der Waals surface area contributed by atoms with Gasteiger partial charge in [-0.05, 0) is 47.5 Å². The lowest BCUT2D eigenvalue weighted by Crippen LogP contribution is -2.23. The molecule has 0 unspecified atom stereocenters. The number of hydrogen-bond donors (Lipinski definition) is 0. The minimum absolute atomic E-state index is 0.237. The Kier molecular flexibility index (Phi) is 5.76. The maximum Gasteiger partial charge on any atom is 0.291 e. The van der Waals surface area contributed by atoms with Crippen molar-refractivity contribution >= 4 is 57.7 Å². The summed E-state index contributed by atoms with van der Waals surface area (Å²) in [4.78, 5) is 17.6. The van der Waals surface area contributed by atoms with Gasteiger partial charge >= 0.3 is 0 Å². The molecule has 4 rings (SSSR count). The van der Waals surface area contributed by atoms with Crippen LogP contribution in [-0.2, 0) is 0 Å². The van der Waals surface area contributed by atoms with Crippen molar-refractivity contribution in [2.45, 2.75) is 0 Å². The van der Waals surface area contributed by atoms with Gasteiger partial charge in [0.1, 0.15) is 0 Å². The molecule has 2 heterocycles. The molecule has 0 spiro atoms. The molecule has 0 saturated heterocycles.